The molecule has 0 saturated heterocycles. The van der Waals surface area contributed by atoms with E-state index < -0.39 is 6.10 Å². The second-order valence-corrected chi connectivity index (χ2v) is 7.89. The van der Waals surface area contributed by atoms with E-state index in [0.29, 0.717) is 6.54 Å². The lowest BCUT2D eigenvalue weighted by Gasteiger charge is -2.21. The summed E-state index contributed by atoms with van der Waals surface area (Å²) in [5.41, 5.74) is 3.69. The summed E-state index contributed by atoms with van der Waals surface area (Å²) in [6.07, 6.45) is 4.25. The molecule has 0 aliphatic heterocycles. The van der Waals surface area contributed by atoms with Gasteiger partial charge in [0.05, 0.1) is 6.20 Å². The predicted octanol–water partition coefficient (Wildman–Crippen LogP) is 2.96. The molecule has 0 spiro atoms. The zero-order valence-electron chi connectivity index (χ0n) is 17.9. The van der Waals surface area contributed by atoms with Gasteiger partial charge in [-0.15, -0.1) is 0 Å². The Bertz CT molecular complexity index is 837. The molecule has 1 aromatic heterocycles. The van der Waals surface area contributed by atoms with Gasteiger partial charge in [0.25, 0.3) is 0 Å². The van der Waals surface area contributed by atoms with E-state index in [1.165, 1.54) is 16.7 Å². The highest BCUT2D eigenvalue weighted by atomic mass is 16.5. The lowest BCUT2D eigenvalue weighted by Crippen LogP contribution is -2.32. The van der Waals surface area contributed by atoms with Crippen molar-refractivity contribution in [2.24, 2.45) is 0 Å². The molecular weight excluding hydrogens is 376 g/mol. The number of aliphatic hydroxyl groups excluding tert-OH is 1. The van der Waals surface area contributed by atoms with E-state index in [0.717, 1.165) is 31.8 Å². The minimum Gasteiger partial charge on any atom is -0.491 e. The second-order valence-electron chi connectivity index (χ2n) is 7.89. The van der Waals surface area contributed by atoms with Crippen molar-refractivity contribution in [3.05, 3.63) is 83.7 Å². The van der Waals surface area contributed by atoms with E-state index in [4.69, 9.17) is 4.74 Å². The number of aromatic amines is 1. The summed E-state index contributed by atoms with van der Waals surface area (Å²) in [4.78, 5) is 4.39. The van der Waals surface area contributed by atoms with Gasteiger partial charge in [-0.2, -0.15) is 5.10 Å². The molecule has 2 N–H and O–H groups in total. The first-order chi connectivity index (χ1) is 14.6. The Morgan fingerprint density at radius 2 is 1.63 bits per heavy atom. The third-order valence-electron chi connectivity index (χ3n) is 4.97. The number of aliphatic hydroxyl groups is 1. The van der Waals surface area contributed by atoms with E-state index in [1.807, 2.05) is 49.8 Å². The average Bonchev–Trinajstić information content (AvgIpc) is 3.26. The lowest BCUT2D eigenvalue weighted by atomic mass is 10.2. The van der Waals surface area contributed by atoms with Crippen LogP contribution in [0.5, 0.6) is 5.75 Å². The van der Waals surface area contributed by atoms with E-state index in [9.17, 15) is 5.11 Å². The summed E-state index contributed by atoms with van der Waals surface area (Å²) in [5.74, 6) is 0.782. The zero-order valence-corrected chi connectivity index (χ0v) is 17.9. The zero-order chi connectivity index (χ0) is 21.2. The summed E-state index contributed by atoms with van der Waals surface area (Å²) in [6, 6.07) is 18.4. The molecule has 0 bridgehead atoms. The molecular formula is C24H32N4O2. The van der Waals surface area contributed by atoms with Gasteiger partial charge >= 0.3 is 0 Å². The fourth-order valence-electron chi connectivity index (χ4n) is 3.38. The quantitative estimate of drug-likeness (QED) is 0.482. The molecule has 1 atom stereocenters. The molecule has 1 heterocycles. The van der Waals surface area contributed by atoms with E-state index in [-0.39, 0.29) is 6.61 Å². The van der Waals surface area contributed by atoms with Crippen molar-refractivity contribution in [2.75, 3.05) is 33.8 Å². The maximum atomic E-state index is 10.3. The molecule has 2 aromatic carbocycles. The Morgan fingerprint density at radius 3 is 2.33 bits per heavy atom. The Morgan fingerprint density at radius 1 is 0.933 bits per heavy atom. The van der Waals surface area contributed by atoms with Crippen molar-refractivity contribution in [3.8, 4) is 5.75 Å². The Balaban J connectivity index is 1.36. The molecule has 6 nitrogen and oxygen atoms in total. The van der Waals surface area contributed by atoms with Gasteiger partial charge < -0.3 is 14.7 Å². The summed E-state index contributed by atoms with van der Waals surface area (Å²) in [7, 11) is 4.13. The van der Waals surface area contributed by atoms with Crippen LogP contribution in [-0.2, 0) is 19.5 Å². The molecule has 30 heavy (non-hydrogen) atoms. The molecule has 1 unspecified atom stereocenters. The number of likely N-dealkylation sites (N-methyl/N-ethyl adjacent to an activating group) is 2. The summed E-state index contributed by atoms with van der Waals surface area (Å²) >= 11 is 0. The normalized spacial score (nSPS) is 12.4. The van der Waals surface area contributed by atoms with Crippen molar-refractivity contribution in [3.63, 3.8) is 0 Å². The van der Waals surface area contributed by atoms with Crippen LogP contribution in [-0.4, -0.2) is 65.0 Å². The minimum atomic E-state index is -0.535. The van der Waals surface area contributed by atoms with Crippen molar-refractivity contribution in [1.29, 1.82) is 0 Å². The molecule has 3 aromatic rings. The van der Waals surface area contributed by atoms with E-state index in [2.05, 4.69) is 51.3 Å². The summed E-state index contributed by atoms with van der Waals surface area (Å²) in [6.45, 7) is 3.50. The monoisotopic (exact) mass is 408 g/mol. The van der Waals surface area contributed by atoms with Crippen LogP contribution in [0.25, 0.3) is 0 Å². The number of nitrogens with one attached hydrogen (secondary N) is 1. The summed E-state index contributed by atoms with van der Waals surface area (Å²) < 4.78 is 5.77. The van der Waals surface area contributed by atoms with E-state index in [1.54, 1.807) is 0 Å². The highest BCUT2D eigenvalue weighted by Gasteiger charge is 2.10. The molecule has 6 heteroatoms. The second kappa shape index (κ2) is 11.5. The highest BCUT2D eigenvalue weighted by Crippen LogP contribution is 2.14. The summed E-state index contributed by atoms with van der Waals surface area (Å²) in [5, 5.41) is 17.1. The molecule has 3 rings (SSSR count). The van der Waals surface area contributed by atoms with Crippen molar-refractivity contribution < 1.29 is 9.84 Å². The predicted molar refractivity (Wildman–Crippen MR) is 119 cm³/mol. The first kappa shape index (κ1) is 22.0. The first-order valence-electron chi connectivity index (χ1n) is 10.4. The fraction of sp³-hybridized carbons (Fsp3) is 0.375. The number of nitrogens with zero attached hydrogens (tertiary/aromatic N) is 3. The van der Waals surface area contributed by atoms with Crippen molar-refractivity contribution >= 4 is 0 Å². The van der Waals surface area contributed by atoms with E-state index >= 15 is 0 Å². The van der Waals surface area contributed by atoms with Gasteiger partial charge in [-0.3, -0.25) is 10.00 Å². The minimum absolute atomic E-state index is 0.281. The highest BCUT2D eigenvalue weighted by molar-refractivity contribution is 5.27. The topological polar surface area (TPSA) is 64.6 Å². The van der Waals surface area contributed by atoms with Crippen LogP contribution in [0.2, 0.25) is 0 Å². The SMILES string of the molecule is CN(CCc1cn[nH]c1)Cc1ccc(OCC(O)CN(C)Cc2ccccc2)cc1. The average molecular weight is 409 g/mol. The molecule has 160 valence electrons. The Kier molecular flexibility index (Phi) is 8.44. The number of hydrogen-bond acceptors (Lipinski definition) is 5. The standard InChI is InChI=1S/C24H32N4O2/c1-27(13-12-22-14-25-26-15-22)16-21-8-10-24(11-9-21)30-19-23(29)18-28(2)17-20-6-4-3-5-7-20/h3-11,14-15,23,29H,12-13,16-19H2,1-2H3,(H,25,26). The molecule has 0 amide bonds. The molecule has 0 fully saturated rings. The molecule has 0 radical (unpaired) electrons. The Labute approximate surface area is 179 Å². The third kappa shape index (κ3) is 7.63. The van der Waals surface area contributed by atoms with Gasteiger partial charge in [0.2, 0.25) is 0 Å². The van der Waals surface area contributed by atoms with Crippen molar-refractivity contribution in [1.82, 2.24) is 20.0 Å². The smallest absolute Gasteiger partial charge is 0.119 e. The number of aromatic nitrogens is 2. The van der Waals surface area contributed by atoms with Crippen LogP contribution in [0.4, 0.5) is 0 Å². The Hall–Kier alpha value is -2.67. The van der Waals surface area contributed by atoms with Crippen LogP contribution in [0.3, 0.4) is 0 Å². The van der Waals surface area contributed by atoms with Crippen LogP contribution < -0.4 is 4.74 Å². The van der Waals surface area contributed by atoms with Gasteiger partial charge in [-0.1, -0.05) is 42.5 Å². The van der Waals surface area contributed by atoms with Crippen LogP contribution in [0.1, 0.15) is 16.7 Å². The van der Waals surface area contributed by atoms with Gasteiger partial charge in [-0.05, 0) is 49.3 Å². The fourth-order valence-corrected chi connectivity index (χ4v) is 3.38. The molecule has 0 aliphatic rings. The van der Waals surface area contributed by atoms with Gasteiger partial charge in [0.15, 0.2) is 0 Å². The lowest BCUT2D eigenvalue weighted by molar-refractivity contribution is 0.0744. The number of H-pyrrole nitrogens is 1. The van der Waals surface area contributed by atoms with Crippen LogP contribution >= 0.6 is 0 Å². The maximum absolute atomic E-state index is 10.3. The van der Waals surface area contributed by atoms with Crippen LogP contribution in [0, 0.1) is 0 Å². The van der Waals surface area contributed by atoms with Crippen molar-refractivity contribution in [2.45, 2.75) is 25.6 Å². The maximum Gasteiger partial charge on any atom is 0.119 e. The number of hydrogen-bond donors (Lipinski definition) is 2. The largest absolute Gasteiger partial charge is 0.491 e. The van der Waals surface area contributed by atoms with Gasteiger partial charge in [-0.25, -0.2) is 0 Å². The molecule has 0 aliphatic carbocycles. The van der Waals surface area contributed by atoms with Gasteiger partial charge in [0.1, 0.15) is 18.5 Å². The first-order valence-corrected chi connectivity index (χ1v) is 10.4. The molecule has 0 saturated carbocycles. The number of rotatable bonds is 12. The third-order valence-corrected chi connectivity index (χ3v) is 4.97. The van der Waals surface area contributed by atoms with Crippen LogP contribution in [0.15, 0.2) is 67.0 Å². The number of ether oxygens (including phenoxy) is 1. The number of benzene rings is 2. The van der Waals surface area contributed by atoms with Gasteiger partial charge in [0, 0.05) is 32.4 Å².